The van der Waals surface area contributed by atoms with Crippen molar-refractivity contribution in [2.24, 2.45) is 0 Å². The minimum Gasteiger partial charge on any atom is -0.309 e. The number of hydrogen-bond acceptors (Lipinski definition) is 0. The lowest BCUT2D eigenvalue weighted by molar-refractivity contribution is 1.18. The summed E-state index contributed by atoms with van der Waals surface area (Å²) in [6.45, 7) is 0. The van der Waals surface area contributed by atoms with Crippen molar-refractivity contribution in [2.75, 3.05) is 0 Å². The van der Waals surface area contributed by atoms with Gasteiger partial charge in [-0.2, -0.15) is 0 Å². The van der Waals surface area contributed by atoms with Crippen LogP contribution in [-0.2, 0) is 6.42 Å². The average molecular weight is 381 g/mol. The van der Waals surface area contributed by atoms with Gasteiger partial charge in [0.05, 0.1) is 11.0 Å². The highest BCUT2D eigenvalue weighted by molar-refractivity contribution is 6.11. The van der Waals surface area contributed by atoms with E-state index in [-0.39, 0.29) is 0 Å². The van der Waals surface area contributed by atoms with E-state index in [0.717, 1.165) is 6.42 Å². The van der Waals surface area contributed by atoms with E-state index in [4.69, 9.17) is 0 Å². The number of nitrogens with zero attached hydrogens (tertiary/aromatic N) is 1. The summed E-state index contributed by atoms with van der Waals surface area (Å²) in [7, 11) is 0. The van der Waals surface area contributed by atoms with Crippen LogP contribution in [0.5, 0.6) is 0 Å². The lowest BCUT2D eigenvalue weighted by Gasteiger charge is -2.10. The van der Waals surface area contributed by atoms with Crippen molar-refractivity contribution in [1.82, 2.24) is 4.57 Å². The molecule has 0 bridgehead atoms. The zero-order chi connectivity index (χ0) is 19.7. The molecular formula is C29H19N. The molecule has 0 saturated heterocycles. The summed E-state index contributed by atoms with van der Waals surface area (Å²) in [5.41, 5.74) is 9.40. The van der Waals surface area contributed by atoms with Gasteiger partial charge in [0.2, 0.25) is 0 Å². The summed E-state index contributed by atoms with van der Waals surface area (Å²) in [4.78, 5) is 0. The van der Waals surface area contributed by atoms with E-state index in [1.807, 2.05) is 0 Å². The number of aromatic nitrogens is 1. The molecule has 1 aliphatic carbocycles. The first-order chi connectivity index (χ1) is 14.9. The van der Waals surface area contributed by atoms with Crippen LogP contribution in [0.25, 0.3) is 49.4 Å². The van der Waals surface area contributed by atoms with Crippen molar-refractivity contribution < 1.29 is 0 Å². The Balaban J connectivity index is 1.58. The maximum absolute atomic E-state index is 2.43. The Hall–Kier alpha value is -3.84. The molecule has 0 fully saturated rings. The van der Waals surface area contributed by atoms with Crippen LogP contribution in [0.3, 0.4) is 0 Å². The second-order valence-corrected chi connectivity index (χ2v) is 8.24. The molecule has 5 aromatic carbocycles. The monoisotopic (exact) mass is 381 g/mol. The van der Waals surface area contributed by atoms with Crippen LogP contribution in [0.15, 0.2) is 103 Å². The third-order valence-corrected chi connectivity index (χ3v) is 6.58. The number of rotatable bonds is 1. The van der Waals surface area contributed by atoms with Crippen LogP contribution >= 0.6 is 0 Å². The van der Waals surface area contributed by atoms with Crippen molar-refractivity contribution in [3.05, 3.63) is 114 Å². The van der Waals surface area contributed by atoms with Gasteiger partial charge in [-0.05, 0) is 69.8 Å². The highest BCUT2D eigenvalue weighted by Crippen LogP contribution is 2.42. The fourth-order valence-electron chi connectivity index (χ4n) is 5.19. The second-order valence-electron chi connectivity index (χ2n) is 8.24. The van der Waals surface area contributed by atoms with Gasteiger partial charge < -0.3 is 4.57 Å². The summed E-state index contributed by atoms with van der Waals surface area (Å²) in [5, 5.41) is 5.19. The molecule has 1 heterocycles. The number of hydrogen-bond donors (Lipinski definition) is 0. The van der Waals surface area contributed by atoms with E-state index < -0.39 is 0 Å². The Labute approximate surface area is 174 Å². The molecule has 1 nitrogen and oxygen atoms in total. The Morgan fingerprint density at radius 3 is 2.27 bits per heavy atom. The minimum absolute atomic E-state index is 1.01. The minimum atomic E-state index is 1.01. The second kappa shape index (κ2) is 5.84. The van der Waals surface area contributed by atoms with Gasteiger partial charge in [0, 0.05) is 16.5 Å². The molecule has 1 heteroatoms. The van der Waals surface area contributed by atoms with Gasteiger partial charge >= 0.3 is 0 Å². The summed E-state index contributed by atoms with van der Waals surface area (Å²) >= 11 is 0. The first-order valence-corrected chi connectivity index (χ1v) is 10.5. The van der Waals surface area contributed by atoms with Crippen molar-refractivity contribution in [2.45, 2.75) is 6.42 Å². The smallest absolute Gasteiger partial charge is 0.0544 e. The summed E-state index contributed by atoms with van der Waals surface area (Å²) in [6, 6.07) is 37.8. The molecule has 0 aliphatic heterocycles. The lowest BCUT2D eigenvalue weighted by atomic mass is 10.0. The normalized spacial score (nSPS) is 12.5. The maximum Gasteiger partial charge on any atom is 0.0544 e. The van der Waals surface area contributed by atoms with Crippen LogP contribution in [-0.4, -0.2) is 4.57 Å². The standard InChI is InChI=1S/C29H19N/c1-2-8-20-16-23(14-13-19(20)7-1)30-28-12-6-5-11-25(28)27-18-26-22(17-29(27)30)15-21-9-3-4-10-24(21)26/h1-14,16-18H,15H2. The van der Waals surface area contributed by atoms with E-state index in [1.54, 1.807) is 0 Å². The van der Waals surface area contributed by atoms with Crippen LogP contribution in [0, 0.1) is 0 Å². The SMILES string of the molecule is c1ccc2c(c1)Cc1cc3c(cc1-2)c1ccccc1n3-c1ccc2ccccc2c1. The van der Waals surface area contributed by atoms with Crippen molar-refractivity contribution in [3.63, 3.8) is 0 Å². The fourth-order valence-corrected chi connectivity index (χ4v) is 5.19. The Bertz CT molecular complexity index is 1620. The number of fused-ring (bicyclic) bond motifs is 7. The third-order valence-electron chi connectivity index (χ3n) is 6.58. The predicted octanol–water partition coefficient (Wildman–Crippen LogP) is 7.51. The van der Waals surface area contributed by atoms with E-state index >= 15 is 0 Å². The van der Waals surface area contributed by atoms with Crippen LogP contribution in [0.4, 0.5) is 0 Å². The quantitative estimate of drug-likeness (QED) is 0.277. The largest absolute Gasteiger partial charge is 0.309 e. The highest BCUT2D eigenvalue weighted by Gasteiger charge is 2.21. The molecule has 0 N–H and O–H groups in total. The predicted molar refractivity (Wildman–Crippen MR) is 127 cm³/mol. The van der Waals surface area contributed by atoms with Gasteiger partial charge in [0.1, 0.15) is 0 Å². The van der Waals surface area contributed by atoms with Crippen LogP contribution < -0.4 is 0 Å². The molecule has 1 aliphatic rings. The van der Waals surface area contributed by atoms with Gasteiger partial charge in [0.25, 0.3) is 0 Å². The molecule has 0 saturated carbocycles. The number of para-hydroxylation sites is 1. The van der Waals surface area contributed by atoms with Gasteiger partial charge in [-0.3, -0.25) is 0 Å². The molecule has 1 aromatic heterocycles. The van der Waals surface area contributed by atoms with Crippen LogP contribution in [0.2, 0.25) is 0 Å². The Morgan fingerprint density at radius 2 is 1.30 bits per heavy atom. The summed E-state index contributed by atoms with van der Waals surface area (Å²) in [5.74, 6) is 0. The topological polar surface area (TPSA) is 4.93 Å². The van der Waals surface area contributed by atoms with E-state index in [9.17, 15) is 0 Å². The maximum atomic E-state index is 2.43. The van der Waals surface area contributed by atoms with Crippen molar-refractivity contribution in [1.29, 1.82) is 0 Å². The van der Waals surface area contributed by atoms with Gasteiger partial charge in [0.15, 0.2) is 0 Å². The lowest BCUT2D eigenvalue weighted by Crippen LogP contribution is -1.94. The molecule has 0 atom stereocenters. The molecule has 30 heavy (non-hydrogen) atoms. The van der Waals surface area contributed by atoms with Crippen molar-refractivity contribution in [3.8, 4) is 16.8 Å². The van der Waals surface area contributed by atoms with Gasteiger partial charge in [-0.15, -0.1) is 0 Å². The van der Waals surface area contributed by atoms with E-state index in [0.29, 0.717) is 0 Å². The Morgan fingerprint density at radius 1 is 0.500 bits per heavy atom. The van der Waals surface area contributed by atoms with Crippen LogP contribution in [0.1, 0.15) is 11.1 Å². The summed E-state index contributed by atoms with van der Waals surface area (Å²) < 4.78 is 2.43. The summed E-state index contributed by atoms with van der Waals surface area (Å²) in [6.07, 6.45) is 1.01. The molecule has 0 amide bonds. The molecule has 0 radical (unpaired) electrons. The van der Waals surface area contributed by atoms with Crippen molar-refractivity contribution >= 4 is 32.6 Å². The molecular weight excluding hydrogens is 362 g/mol. The zero-order valence-corrected chi connectivity index (χ0v) is 16.5. The third kappa shape index (κ3) is 2.12. The van der Waals surface area contributed by atoms with Gasteiger partial charge in [-0.25, -0.2) is 0 Å². The highest BCUT2D eigenvalue weighted by atomic mass is 15.0. The zero-order valence-electron chi connectivity index (χ0n) is 16.5. The fraction of sp³-hybridized carbons (Fsp3) is 0.0345. The average Bonchev–Trinajstić information content (AvgIpc) is 3.32. The first-order valence-electron chi connectivity index (χ1n) is 10.5. The molecule has 0 spiro atoms. The molecule has 7 rings (SSSR count). The van der Waals surface area contributed by atoms with E-state index in [2.05, 4.69) is 108 Å². The Kier molecular flexibility index (Phi) is 3.12. The molecule has 140 valence electrons. The molecule has 6 aromatic rings. The number of benzene rings is 5. The molecule has 0 unspecified atom stereocenters. The van der Waals surface area contributed by atoms with E-state index in [1.165, 1.54) is 60.5 Å². The van der Waals surface area contributed by atoms with Gasteiger partial charge in [-0.1, -0.05) is 72.8 Å². The first kappa shape index (κ1) is 16.0.